The molecule has 2 saturated heterocycles. The zero-order valence-electron chi connectivity index (χ0n) is 16.6. The van der Waals surface area contributed by atoms with Crippen molar-refractivity contribution in [3.63, 3.8) is 0 Å². The van der Waals surface area contributed by atoms with Gasteiger partial charge >= 0.3 is 0 Å². The Hall–Kier alpha value is -2.28. The molecule has 1 amide bonds. The number of carbonyl (C=O) groups excluding carboxylic acids is 1. The third-order valence-corrected chi connectivity index (χ3v) is 8.81. The van der Waals surface area contributed by atoms with Crippen molar-refractivity contribution >= 4 is 27.3 Å². The zero-order chi connectivity index (χ0) is 21.1. The van der Waals surface area contributed by atoms with Gasteiger partial charge in [0.25, 0.3) is 0 Å². The summed E-state index contributed by atoms with van der Waals surface area (Å²) in [5, 5.41) is 12.0. The molecule has 2 fully saturated rings. The summed E-state index contributed by atoms with van der Waals surface area (Å²) in [7, 11) is -3.61. The van der Waals surface area contributed by atoms with Gasteiger partial charge in [0, 0.05) is 49.6 Å². The van der Waals surface area contributed by atoms with Crippen LogP contribution in [0.1, 0.15) is 42.2 Å². The normalized spacial score (nSPS) is 21.3. The minimum absolute atomic E-state index is 0.132. The fourth-order valence-electron chi connectivity index (χ4n) is 4.27. The van der Waals surface area contributed by atoms with E-state index < -0.39 is 10.0 Å². The predicted molar refractivity (Wildman–Crippen MR) is 113 cm³/mol. The van der Waals surface area contributed by atoms with Crippen LogP contribution in [0.2, 0.25) is 0 Å². The van der Waals surface area contributed by atoms with E-state index >= 15 is 0 Å². The number of benzene rings is 1. The van der Waals surface area contributed by atoms with Gasteiger partial charge in [0.15, 0.2) is 0 Å². The van der Waals surface area contributed by atoms with Crippen LogP contribution >= 0.6 is 11.3 Å². The Kier molecular flexibility index (Phi) is 6.18. The molecule has 9 heteroatoms. The van der Waals surface area contributed by atoms with Gasteiger partial charge in [0.1, 0.15) is 0 Å². The van der Waals surface area contributed by atoms with E-state index in [4.69, 9.17) is 5.26 Å². The summed E-state index contributed by atoms with van der Waals surface area (Å²) in [5.74, 6) is 0.318. The quantitative estimate of drug-likeness (QED) is 0.723. The molecule has 0 N–H and O–H groups in total. The number of aromatic nitrogens is 1. The van der Waals surface area contributed by atoms with Gasteiger partial charge in [0.05, 0.1) is 21.5 Å². The van der Waals surface area contributed by atoms with E-state index in [1.807, 2.05) is 22.5 Å². The predicted octanol–water partition coefficient (Wildman–Crippen LogP) is 2.82. The van der Waals surface area contributed by atoms with Crippen LogP contribution in [-0.4, -0.2) is 54.7 Å². The summed E-state index contributed by atoms with van der Waals surface area (Å²) >= 11 is 1.64. The van der Waals surface area contributed by atoms with Crippen molar-refractivity contribution in [1.82, 2.24) is 14.2 Å². The summed E-state index contributed by atoms with van der Waals surface area (Å²) < 4.78 is 27.2. The second-order valence-electron chi connectivity index (χ2n) is 7.81. The number of thiazole rings is 1. The van der Waals surface area contributed by atoms with E-state index in [1.54, 1.807) is 11.3 Å². The lowest BCUT2D eigenvalue weighted by Crippen LogP contribution is -2.46. The average Bonchev–Trinajstić information content (AvgIpc) is 3.34. The van der Waals surface area contributed by atoms with E-state index in [2.05, 4.69) is 4.98 Å². The van der Waals surface area contributed by atoms with Gasteiger partial charge < -0.3 is 4.90 Å². The van der Waals surface area contributed by atoms with Crippen LogP contribution in [0.3, 0.4) is 0 Å². The third-order valence-electron chi connectivity index (χ3n) is 5.96. The molecule has 0 aliphatic carbocycles. The summed E-state index contributed by atoms with van der Waals surface area (Å²) in [6.07, 6.45) is 4.91. The highest BCUT2D eigenvalue weighted by Crippen LogP contribution is 2.31. The Balaban J connectivity index is 1.36. The number of nitrogens with zero attached hydrogens (tertiary/aromatic N) is 4. The van der Waals surface area contributed by atoms with Crippen molar-refractivity contribution < 1.29 is 13.2 Å². The van der Waals surface area contributed by atoms with Gasteiger partial charge in [-0.2, -0.15) is 9.57 Å². The molecule has 2 aliphatic rings. The average molecular weight is 445 g/mol. The molecule has 0 radical (unpaired) electrons. The Bertz CT molecular complexity index is 1020. The minimum Gasteiger partial charge on any atom is -0.342 e. The maximum absolute atomic E-state index is 13.1. The van der Waals surface area contributed by atoms with Crippen LogP contribution in [0.15, 0.2) is 40.7 Å². The van der Waals surface area contributed by atoms with Crippen LogP contribution in [0.5, 0.6) is 0 Å². The van der Waals surface area contributed by atoms with Crippen LogP contribution in [0.4, 0.5) is 0 Å². The number of sulfonamides is 1. The molecule has 4 rings (SSSR count). The molecule has 1 atom stereocenters. The SMILES string of the molecule is N#Cc1ccc(S(=O)(=O)N2CCC(C(=O)N3CCCC(c4nccs4)C3)CC2)cc1. The molecule has 2 aromatic rings. The molecule has 2 aliphatic heterocycles. The molecule has 0 bridgehead atoms. The lowest BCUT2D eigenvalue weighted by Gasteiger charge is -2.37. The fraction of sp³-hybridized carbons (Fsp3) is 0.476. The highest BCUT2D eigenvalue weighted by molar-refractivity contribution is 7.89. The molecule has 7 nitrogen and oxygen atoms in total. The van der Waals surface area contributed by atoms with Gasteiger partial charge in [-0.25, -0.2) is 13.4 Å². The van der Waals surface area contributed by atoms with E-state index in [9.17, 15) is 13.2 Å². The fourth-order valence-corrected chi connectivity index (χ4v) is 6.50. The van der Waals surface area contributed by atoms with Crippen molar-refractivity contribution in [2.45, 2.75) is 36.5 Å². The van der Waals surface area contributed by atoms with E-state index in [0.717, 1.165) is 24.4 Å². The Morgan fingerprint density at radius 3 is 2.50 bits per heavy atom. The third kappa shape index (κ3) is 4.26. The van der Waals surface area contributed by atoms with Gasteiger partial charge in [0.2, 0.25) is 15.9 Å². The van der Waals surface area contributed by atoms with Crippen LogP contribution in [0.25, 0.3) is 0 Å². The van der Waals surface area contributed by atoms with Gasteiger partial charge in [-0.15, -0.1) is 11.3 Å². The van der Waals surface area contributed by atoms with Gasteiger partial charge in [-0.05, 0) is 49.9 Å². The molecule has 3 heterocycles. The molecule has 0 spiro atoms. The first kappa shape index (κ1) is 21.0. The molecule has 158 valence electrons. The molecule has 30 heavy (non-hydrogen) atoms. The first-order valence-corrected chi connectivity index (χ1v) is 12.5. The number of hydrogen-bond donors (Lipinski definition) is 0. The largest absolute Gasteiger partial charge is 0.342 e. The van der Waals surface area contributed by atoms with Crippen LogP contribution in [-0.2, 0) is 14.8 Å². The number of amides is 1. The van der Waals surface area contributed by atoms with Crippen molar-refractivity contribution in [3.05, 3.63) is 46.4 Å². The first-order chi connectivity index (χ1) is 14.5. The molecule has 1 aromatic heterocycles. The van der Waals surface area contributed by atoms with Gasteiger partial charge in [-0.3, -0.25) is 4.79 Å². The number of piperidine rings is 2. The van der Waals surface area contributed by atoms with E-state index in [-0.39, 0.29) is 16.7 Å². The minimum atomic E-state index is -3.61. The van der Waals surface area contributed by atoms with Crippen molar-refractivity contribution in [2.24, 2.45) is 5.92 Å². The summed E-state index contributed by atoms with van der Waals surface area (Å²) in [6, 6.07) is 7.96. The maximum Gasteiger partial charge on any atom is 0.243 e. The summed E-state index contributed by atoms with van der Waals surface area (Å²) in [6.45, 7) is 2.14. The lowest BCUT2D eigenvalue weighted by atomic mass is 9.93. The number of rotatable bonds is 4. The highest BCUT2D eigenvalue weighted by atomic mass is 32.2. The number of nitriles is 1. The Morgan fingerprint density at radius 2 is 1.87 bits per heavy atom. The zero-order valence-corrected chi connectivity index (χ0v) is 18.2. The molecular formula is C21H24N4O3S2. The highest BCUT2D eigenvalue weighted by Gasteiger charge is 2.35. The molecule has 1 aromatic carbocycles. The Labute approximate surface area is 181 Å². The standard InChI is InChI=1S/C21H24N4O3S2/c22-14-16-3-5-19(6-4-16)30(27,28)25-11-7-17(8-12-25)21(26)24-10-1-2-18(15-24)20-23-9-13-29-20/h3-6,9,13,17-18H,1-2,7-8,10-12,15H2. The lowest BCUT2D eigenvalue weighted by molar-refractivity contribution is -0.138. The first-order valence-electron chi connectivity index (χ1n) is 10.2. The number of hydrogen-bond acceptors (Lipinski definition) is 6. The van der Waals surface area contributed by atoms with Crippen molar-refractivity contribution in [1.29, 1.82) is 5.26 Å². The topological polar surface area (TPSA) is 94.4 Å². The Morgan fingerprint density at radius 1 is 1.13 bits per heavy atom. The molecule has 1 unspecified atom stereocenters. The second kappa shape index (κ2) is 8.84. The number of likely N-dealkylation sites (tertiary alicyclic amines) is 1. The monoisotopic (exact) mass is 444 g/mol. The number of carbonyl (C=O) groups is 1. The second-order valence-corrected chi connectivity index (χ2v) is 10.7. The van der Waals surface area contributed by atoms with Crippen LogP contribution in [0, 0.1) is 17.2 Å². The van der Waals surface area contributed by atoms with Crippen molar-refractivity contribution in [2.75, 3.05) is 26.2 Å². The van der Waals surface area contributed by atoms with Crippen molar-refractivity contribution in [3.8, 4) is 6.07 Å². The smallest absolute Gasteiger partial charge is 0.243 e. The van der Waals surface area contributed by atoms with Gasteiger partial charge in [-0.1, -0.05) is 0 Å². The molecular weight excluding hydrogens is 420 g/mol. The van der Waals surface area contributed by atoms with E-state index in [1.165, 1.54) is 28.6 Å². The van der Waals surface area contributed by atoms with E-state index in [0.29, 0.717) is 44.0 Å². The summed E-state index contributed by atoms with van der Waals surface area (Å²) in [4.78, 5) is 19.6. The maximum atomic E-state index is 13.1. The van der Waals surface area contributed by atoms with Crippen LogP contribution < -0.4 is 0 Å². The summed E-state index contributed by atoms with van der Waals surface area (Å²) in [5.41, 5.74) is 0.427. The molecule has 0 saturated carbocycles.